The molecule has 1 fully saturated rings. The van der Waals surface area contributed by atoms with E-state index in [4.69, 9.17) is 17.3 Å². The highest BCUT2D eigenvalue weighted by Crippen LogP contribution is 2.43. The van der Waals surface area contributed by atoms with Crippen molar-refractivity contribution in [2.75, 3.05) is 0 Å². The zero-order chi connectivity index (χ0) is 10.6. The molecular formula is C11H12ClN3. The Kier molecular flexibility index (Phi) is 1.68. The van der Waals surface area contributed by atoms with Crippen LogP contribution < -0.4 is 5.73 Å². The van der Waals surface area contributed by atoms with Gasteiger partial charge in [0.15, 0.2) is 0 Å². The van der Waals surface area contributed by atoms with E-state index in [1.807, 2.05) is 19.2 Å². The monoisotopic (exact) mass is 221 g/mol. The SMILES string of the molecule is Cn1nc2cc(C3(N)CC3)ccc2c1Cl. The molecule has 3 nitrogen and oxygen atoms in total. The lowest BCUT2D eigenvalue weighted by molar-refractivity contribution is 0.740. The standard InChI is InChI=1S/C11H12ClN3/c1-15-10(12)8-3-2-7(6-9(8)14-15)11(13)4-5-11/h2-3,6H,4-5,13H2,1H3. The van der Waals surface area contributed by atoms with Crippen LogP contribution in [-0.4, -0.2) is 9.78 Å². The predicted octanol–water partition coefficient (Wildman–Crippen LogP) is 2.17. The molecule has 0 atom stereocenters. The lowest BCUT2D eigenvalue weighted by atomic mass is 10.0. The van der Waals surface area contributed by atoms with Crippen molar-refractivity contribution in [1.82, 2.24) is 9.78 Å². The first kappa shape index (κ1) is 9.19. The zero-order valence-corrected chi connectivity index (χ0v) is 9.25. The second-order valence-corrected chi connectivity index (χ2v) is 4.66. The first-order valence-electron chi connectivity index (χ1n) is 5.02. The number of rotatable bonds is 1. The number of nitrogens with two attached hydrogens (primary N) is 1. The largest absolute Gasteiger partial charge is 0.321 e. The minimum atomic E-state index is -0.0990. The van der Waals surface area contributed by atoms with E-state index in [2.05, 4.69) is 11.2 Å². The van der Waals surface area contributed by atoms with Gasteiger partial charge in [-0.25, -0.2) is 0 Å². The average Bonchev–Trinajstić information content (AvgIpc) is 2.90. The first-order chi connectivity index (χ1) is 7.10. The summed E-state index contributed by atoms with van der Waals surface area (Å²) in [6.07, 6.45) is 2.14. The minimum absolute atomic E-state index is 0.0990. The van der Waals surface area contributed by atoms with Gasteiger partial charge in [0.2, 0.25) is 0 Å². The van der Waals surface area contributed by atoms with E-state index in [1.165, 1.54) is 5.56 Å². The van der Waals surface area contributed by atoms with Gasteiger partial charge in [-0.05, 0) is 30.5 Å². The molecule has 78 valence electrons. The van der Waals surface area contributed by atoms with E-state index in [0.717, 1.165) is 23.7 Å². The summed E-state index contributed by atoms with van der Waals surface area (Å²) in [6, 6.07) is 6.12. The molecule has 0 radical (unpaired) electrons. The van der Waals surface area contributed by atoms with E-state index in [0.29, 0.717) is 5.15 Å². The van der Waals surface area contributed by atoms with Crippen LogP contribution in [0.25, 0.3) is 10.9 Å². The smallest absolute Gasteiger partial charge is 0.134 e. The fourth-order valence-corrected chi connectivity index (χ4v) is 2.10. The number of aryl methyl sites for hydroxylation is 1. The molecule has 1 saturated carbocycles. The zero-order valence-electron chi connectivity index (χ0n) is 8.50. The van der Waals surface area contributed by atoms with Gasteiger partial charge in [-0.15, -0.1) is 0 Å². The van der Waals surface area contributed by atoms with E-state index in [1.54, 1.807) is 4.68 Å². The number of fused-ring (bicyclic) bond motifs is 1. The van der Waals surface area contributed by atoms with Crippen LogP contribution in [0, 0.1) is 0 Å². The Labute approximate surface area is 92.8 Å². The predicted molar refractivity (Wildman–Crippen MR) is 60.8 cm³/mol. The van der Waals surface area contributed by atoms with E-state index in [9.17, 15) is 0 Å². The fraction of sp³-hybridized carbons (Fsp3) is 0.364. The molecule has 0 saturated heterocycles. The molecule has 0 spiro atoms. The van der Waals surface area contributed by atoms with Gasteiger partial charge in [-0.3, -0.25) is 4.68 Å². The molecule has 1 heterocycles. The summed E-state index contributed by atoms with van der Waals surface area (Å²) >= 11 is 6.09. The fourth-order valence-electron chi connectivity index (χ4n) is 1.90. The molecule has 1 aromatic heterocycles. The van der Waals surface area contributed by atoms with E-state index < -0.39 is 0 Å². The number of halogens is 1. The van der Waals surface area contributed by atoms with Crippen LogP contribution in [0.4, 0.5) is 0 Å². The van der Waals surface area contributed by atoms with Gasteiger partial charge in [-0.2, -0.15) is 5.10 Å². The molecule has 0 amide bonds. The quantitative estimate of drug-likeness (QED) is 0.802. The topological polar surface area (TPSA) is 43.8 Å². The van der Waals surface area contributed by atoms with Gasteiger partial charge in [0.05, 0.1) is 5.52 Å². The summed E-state index contributed by atoms with van der Waals surface area (Å²) in [5.41, 5.74) is 8.14. The normalized spacial score (nSPS) is 18.3. The molecule has 0 aliphatic heterocycles. The van der Waals surface area contributed by atoms with Crippen LogP contribution >= 0.6 is 11.6 Å². The summed E-state index contributed by atoms with van der Waals surface area (Å²) in [5.74, 6) is 0. The Bertz CT molecular complexity index is 540. The Balaban J connectivity index is 2.22. The van der Waals surface area contributed by atoms with Crippen molar-refractivity contribution >= 4 is 22.5 Å². The van der Waals surface area contributed by atoms with Crippen LogP contribution in [0.2, 0.25) is 5.15 Å². The second-order valence-electron chi connectivity index (χ2n) is 4.30. The third-order valence-electron chi connectivity index (χ3n) is 3.13. The second kappa shape index (κ2) is 2.74. The maximum absolute atomic E-state index is 6.14. The number of benzene rings is 1. The average molecular weight is 222 g/mol. The third-order valence-corrected chi connectivity index (χ3v) is 3.57. The van der Waals surface area contributed by atoms with E-state index >= 15 is 0 Å². The van der Waals surface area contributed by atoms with Crippen molar-refractivity contribution in [1.29, 1.82) is 0 Å². The van der Waals surface area contributed by atoms with Crippen LogP contribution in [0.15, 0.2) is 18.2 Å². The number of hydrogen-bond donors (Lipinski definition) is 1. The summed E-state index contributed by atoms with van der Waals surface area (Å²) in [4.78, 5) is 0. The summed E-state index contributed by atoms with van der Waals surface area (Å²) in [5, 5.41) is 6.02. The highest BCUT2D eigenvalue weighted by Gasteiger charge is 2.40. The van der Waals surface area contributed by atoms with Gasteiger partial charge < -0.3 is 5.73 Å². The number of nitrogens with zero attached hydrogens (tertiary/aromatic N) is 2. The van der Waals surface area contributed by atoms with E-state index in [-0.39, 0.29) is 5.54 Å². The van der Waals surface area contributed by atoms with Crippen molar-refractivity contribution in [3.05, 3.63) is 28.9 Å². The van der Waals surface area contributed by atoms with Gasteiger partial charge >= 0.3 is 0 Å². The molecule has 1 aromatic carbocycles. The number of aromatic nitrogens is 2. The molecule has 2 N–H and O–H groups in total. The highest BCUT2D eigenvalue weighted by molar-refractivity contribution is 6.34. The minimum Gasteiger partial charge on any atom is -0.321 e. The van der Waals surface area contributed by atoms with Gasteiger partial charge in [0.1, 0.15) is 5.15 Å². The molecule has 1 aliphatic rings. The van der Waals surface area contributed by atoms with Crippen molar-refractivity contribution in [2.45, 2.75) is 18.4 Å². The first-order valence-corrected chi connectivity index (χ1v) is 5.40. The van der Waals surface area contributed by atoms with Crippen LogP contribution in [0.5, 0.6) is 0 Å². The third kappa shape index (κ3) is 1.27. The van der Waals surface area contributed by atoms with Crippen molar-refractivity contribution in [2.24, 2.45) is 12.8 Å². The van der Waals surface area contributed by atoms with Gasteiger partial charge in [0, 0.05) is 18.0 Å². The van der Waals surface area contributed by atoms with Crippen molar-refractivity contribution in [3.63, 3.8) is 0 Å². The highest BCUT2D eigenvalue weighted by atomic mass is 35.5. The molecule has 15 heavy (non-hydrogen) atoms. The van der Waals surface area contributed by atoms with Gasteiger partial charge in [0.25, 0.3) is 0 Å². The van der Waals surface area contributed by atoms with Crippen LogP contribution in [0.3, 0.4) is 0 Å². The van der Waals surface area contributed by atoms with Gasteiger partial charge in [-0.1, -0.05) is 17.7 Å². The number of hydrogen-bond acceptors (Lipinski definition) is 2. The Hall–Kier alpha value is -1.06. The molecule has 0 unspecified atom stereocenters. The Morgan fingerprint density at radius 3 is 2.87 bits per heavy atom. The van der Waals surface area contributed by atoms with Crippen molar-refractivity contribution < 1.29 is 0 Å². The molecule has 4 heteroatoms. The van der Waals surface area contributed by atoms with Crippen molar-refractivity contribution in [3.8, 4) is 0 Å². The Morgan fingerprint density at radius 1 is 1.47 bits per heavy atom. The maximum atomic E-state index is 6.14. The summed E-state index contributed by atoms with van der Waals surface area (Å²) in [7, 11) is 1.84. The lowest BCUT2D eigenvalue weighted by Gasteiger charge is -2.07. The molecule has 2 aromatic rings. The maximum Gasteiger partial charge on any atom is 0.134 e. The molecule has 3 rings (SSSR count). The molecule has 0 bridgehead atoms. The summed E-state index contributed by atoms with van der Waals surface area (Å²) in [6.45, 7) is 0. The lowest BCUT2D eigenvalue weighted by Crippen LogP contribution is -2.18. The molecule has 1 aliphatic carbocycles. The van der Waals surface area contributed by atoms with Crippen LogP contribution in [-0.2, 0) is 12.6 Å². The molecular weight excluding hydrogens is 210 g/mol. The Morgan fingerprint density at radius 2 is 2.20 bits per heavy atom. The summed E-state index contributed by atoms with van der Waals surface area (Å²) < 4.78 is 1.69. The van der Waals surface area contributed by atoms with Crippen LogP contribution in [0.1, 0.15) is 18.4 Å².